The second-order valence-corrected chi connectivity index (χ2v) is 6.71. The Balaban J connectivity index is 2.26. The number of nitrogens with one attached hydrogen (secondary N) is 1. The van der Waals surface area contributed by atoms with Gasteiger partial charge in [0, 0.05) is 19.2 Å². The van der Waals surface area contributed by atoms with Crippen molar-refractivity contribution in [3.05, 3.63) is 28.5 Å². The van der Waals surface area contributed by atoms with E-state index in [0.29, 0.717) is 19.6 Å². The van der Waals surface area contributed by atoms with E-state index in [2.05, 4.69) is 4.72 Å². The Morgan fingerprint density at radius 1 is 1.50 bits per heavy atom. The van der Waals surface area contributed by atoms with Gasteiger partial charge in [0.2, 0.25) is 10.0 Å². The van der Waals surface area contributed by atoms with Crippen LogP contribution in [0.3, 0.4) is 0 Å². The summed E-state index contributed by atoms with van der Waals surface area (Å²) in [5.74, 6) is -0.796. The normalized spacial score (nSPS) is 20.1. The Labute approximate surface area is 122 Å². The van der Waals surface area contributed by atoms with E-state index >= 15 is 0 Å². The molecule has 3 N–H and O–H groups in total. The molecule has 1 aromatic carbocycles. The fourth-order valence-corrected chi connectivity index (χ4v) is 3.55. The van der Waals surface area contributed by atoms with E-state index in [1.807, 2.05) is 0 Å². The molecule has 1 aromatic rings. The summed E-state index contributed by atoms with van der Waals surface area (Å²) in [5, 5.41) is -0.146. The quantitative estimate of drug-likeness (QED) is 0.878. The van der Waals surface area contributed by atoms with Crippen LogP contribution in [0.4, 0.5) is 4.39 Å². The topological polar surface area (TPSA) is 81.4 Å². The maximum atomic E-state index is 13.6. The molecule has 0 amide bonds. The van der Waals surface area contributed by atoms with Gasteiger partial charge in [-0.3, -0.25) is 0 Å². The predicted octanol–water partition coefficient (Wildman–Crippen LogP) is 1.40. The van der Waals surface area contributed by atoms with E-state index < -0.39 is 15.8 Å². The van der Waals surface area contributed by atoms with Crippen LogP contribution in [0.5, 0.6) is 0 Å². The standard InChI is InChI=1S/C12H16ClFN2O3S/c13-12-8(6-15)4-10(5-11(12)14)20(17,18)16-9-2-1-3-19-7-9/h4-5,9,16H,1-3,6-7,15H2. The minimum atomic E-state index is -3.82. The molecule has 1 heterocycles. The molecule has 1 fully saturated rings. The molecule has 1 unspecified atom stereocenters. The molecule has 1 saturated heterocycles. The summed E-state index contributed by atoms with van der Waals surface area (Å²) in [5.41, 5.74) is 5.69. The molecule has 1 atom stereocenters. The fourth-order valence-electron chi connectivity index (χ4n) is 2.04. The van der Waals surface area contributed by atoms with Gasteiger partial charge in [0.15, 0.2) is 0 Å². The molecule has 1 aliphatic heterocycles. The highest BCUT2D eigenvalue weighted by Gasteiger charge is 2.24. The molecule has 0 spiro atoms. The van der Waals surface area contributed by atoms with Crippen LogP contribution in [0, 0.1) is 5.82 Å². The number of sulfonamides is 1. The van der Waals surface area contributed by atoms with Gasteiger partial charge in [0.25, 0.3) is 0 Å². The van der Waals surface area contributed by atoms with Crippen molar-refractivity contribution < 1.29 is 17.5 Å². The van der Waals surface area contributed by atoms with Gasteiger partial charge in [-0.2, -0.15) is 0 Å². The number of ether oxygens (including phenoxy) is 1. The first-order valence-electron chi connectivity index (χ1n) is 6.22. The lowest BCUT2D eigenvalue weighted by atomic mass is 10.1. The van der Waals surface area contributed by atoms with Gasteiger partial charge in [-0.05, 0) is 30.5 Å². The Kier molecular flexibility index (Phi) is 4.98. The summed E-state index contributed by atoms with van der Waals surface area (Å²) in [7, 11) is -3.82. The molecule has 1 aliphatic rings. The van der Waals surface area contributed by atoms with Gasteiger partial charge in [-0.25, -0.2) is 17.5 Å². The Hall–Kier alpha value is -0.730. The minimum Gasteiger partial charge on any atom is -0.380 e. The number of nitrogens with two attached hydrogens (primary N) is 1. The van der Waals surface area contributed by atoms with Crippen molar-refractivity contribution in [1.82, 2.24) is 4.72 Å². The maximum absolute atomic E-state index is 13.6. The van der Waals surface area contributed by atoms with Gasteiger partial charge in [-0.1, -0.05) is 11.6 Å². The largest absolute Gasteiger partial charge is 0.380 e. The first-order chi connectivity index (χ1) is 9.44. The molecule has 0 bridgehead atoms. The zero-order chi connectivity index (χ0) is 14.8. The number of halogens is 2. The highest BCUT2D eigenvalue weighted by atomic mass is 35.5. The summed E-state index contributed by atoms with van der Waals surface area (Å²) in [6, 6.07) is 1.89. The third-order valence-corrected chi connectivity index (χ3v) is 5.01. The van der Waals surface area contributed by atoms with Crippen LogP contribution in [0.15, 0.2) is 17.0 Å². The summed E-state index contributed by atoms with van der Waals surface area (Å²) in [6.07, 6.45) is 1.48. The second kappa shape index (κ2) is 6.36. The van der Waals surface area contributed by atoms with Gasteiger partial charge >= 0.3 is 0 Å². The van der Waals surface area contributed by atoms with E-state index in [1.54, 1.807) is 0 Å². The first-order valence-corrected chi connectivity index (χ1v) is 8.08. The van der Waals surface area contributed by atoms with E-state index in [9.17, 15) is 12.8 Å². The highest BCUT2D eigenvalue weighted by molar-refractivity contribution is 7.89. The van der Waals surface area contributed by atoms with Crippen molar-refractivity contribution in [2.75, 3.05) is 13.2 Å². The number of benzene rings is 1. The average Bonchev–Trinajstić information content (AvgIpc) is 2.42. The molecule has 8 heteroatoms. The van der Waals surface area contributed by atoms with Crippen molar-refractivity contribution in [2.45, 2.75) is 30.3 Å². The second-order valence-electron chi connectivity index (χ2n) is 4.62. The van der Waals surface area contributed by atoms with Gasteiger partial charge in [0.05, 0.1) is 16.5 Å². The molecular weight excluding hydrogens is 307 g/mol. The van der Waals surface area contributed by atoms with Crippen molar-refractivity contribution in [3.63, 3.8) is 0 Å². The number of hydrogen-bond acceptors (Lipinski definition) is 4. The van der Waals surface area contributed by atoms with Crippen LogP contribution >= 0.6 is 11.6 Å². The zero-order valence-corrected chi connectivity index (χ0v) is 12.3. The monoisotopic (exact) mass is 322 g/mol. The lowest BCUT2D eigenvalue weighted by molar-refractivity contribution is 0.0774. The molecule has 0 aliphatic carbocycles. The van der Waals surface area contributed by atoms with Crippen molar-refractivity contribution in [1.29, 1.82) is 0 Å². The lowest BCUT2D eigenvalue weighted by Crippen LogP contribution is -2.40. The molecule has 112 valence electrons. The van der Waals surface area contributed by atoms with Gasteiger partial charge in [0.1, 0.15) is 5.82 Å². The van der Waals surface area contributed by atoms with E-state index in [1.165, 1.54) is 6.07 Å². The molecular formula is C12H16ClFN2O3S. The predicted molar refractivity (Wildman–Crippen MR) is 73.5 cm³/mol. The number of hydrogen-bond donors (Lipinski definition) is 2. The van der Waals surface area contributed by atoms with Crippen LogP contribution in [0.1, 0.15) is 18.4 Å². The third kappa shape index (κ3) is 3.48. The molecule has 2 rings (SSSR count). The average molecular weight is 323 g/mol. The first kappa shape index (κ1) is 15.7. The molecule has 0 saturated carbocycles. The van der Waals surface area contributed by atoms with E-state index in [-0.39, 0.29) is 28.1 Å². The Morgan fingerprint density at radius 3 is 2.85 bits per heavy atom. The smallest absolute Gasteiger partial charge is 0.241 e. The van der Waals surface area contributed by atoms with E-state index in [4.69, 9.17) is 22.1 Å². The number of rotatable bonds is 4. The summed E-state index contributed by atoms with van der Waals surface area (Å²) < 4.78 is 45.8. The van der Waals surface area contributed by atoms with Crippen molar-refractivity contribution >= 4 is 21.6 Å². The zero-order valence-electron chi connectivity index (χ0n) is 10.7. The van der Waals surface area contributed by atoms with Crippen LogP contribution in [-0.4, -0.2) is 27.7 Å². The van der Waals surface area contributed by atoms with E-state index in [0.717, 1.165) is 12.5 Å². The molecule has 0 aromatic heterocycles. The summed E-state index contributed by atoms with van der Waals surface area (Å²) in [6.45, 7) is 0.913. The van der Waals surface area contributed by atoms with Crippen LogP contribution in [0.25, 0.3) is 0 Å². The Morgan fingerprint density at radius 2 is 2.25 bits per heavy atom. The fraction of sp³-hybridized carbons (Fsp3) is 0.500. The molecule has 20 heavy (non-hydrogen) atoms. The Bertz CT molecular complexity index is 589. The lowest BCUT2D eigenvalue weighted by Gasteiger charge is -2.23. The summed E-state index contributed by atoms with van der Waals surface area (Å²) in [4.78, 5) is -0.176. The maximum Gasteiger partial charge on any atom is 0.241 e. The van der Waals surface area contributed by atoms with Crippen LogP contribution in [0.2, 0.25) is 5.02 Å². The van der Waals surface area contributed by atoms with Crippen molar-refractivity contribution in [2.24, 2.45) is 5.73 Å². The minimum absolute atomic E-state index is 0.0361. The summed E-state index contributed by atoms with van der Waals surface area (Å²) >= 11 is 5.72. The van der Waals surface area contributed by atoms with Crippen molar-refractivity contribution in [3.8, 4) is 0 Å². The molecule has 0 radical (unpaired) electrons. The highest BCUT2D eigenvalue weighted by Crippen LogP contribution is 2.24. The third-order valence-electron chi connectivity index (χ3n) is 3.09. The van der Waals surface area contributed by atoms with Crippen LogP contribution in [-0.2, 0) is 21.3 Å². The van der Waals surface area contributed by atoms with Crippen LogP contribution < -0.4 is 10.5 Å². The SMILES string of the molecule is NCc1cc(S(=O)(=O)NC2CCCOC2)cc(F)c1Cl. The van der Waals surface area contributed by atoms with Gasteiger partial charge in [-0.15, -0.1) is 0 Å². The van der Waals surface area contributed by atoms with Gasteiger partial charge < -0.3 is 10.5 Å². The molecule has 5 nitrogen and oxygen atoms in total.